The van der Waals surface area contributed by atoms with Crippen LogP contribution in [0.2, 0.25) is 10.0 Å². The number of rotatable bonds is 4. The summed E-state index contributed by atoms with van der Waals surface area (Å²) in [6.45, 7) is 1.41. The highest BCUT2D eigenvalue weighted by molar-refractivity contribution is 9.10. The van der Waals surface area contributed by atoms with Gasteiger partial charge in [-0.3, -0.25) is 4.79 Å². The van der Waals surface area contributed by atoms with Gasteiger partial charge < -0.3 is 10.1 Å². The molecule has 0 unspecified atom stereocenters. The van der Waals surface area contributed by atoms with Gasteiger partial charge in [-0.2, -0.15) is 0 Å². The monoisotopic (exact) mass is 415 g/mol. The summed E-state index contributed by atoms with van der Waals surface area (Å²) in [4.78, 5) is 23.9. The van der Waals surface area contributed by atoms with E-state index in [0.717, 1.165) is 5.56 Å². The molecule has 0 radical (unpaired) electrons. The summed E-state index contributed by atoms with van der Waals surface area (Å²) in [7, 11) is 0. The van der Waals surface area contributed by atoms with Crippen molar-refractivity contribution in [3.05, 3.63) is 62.0 Å². The lowest BCUT2D eigenvalue weighted by atomic mass is 10.2. The molecular weight excluding hydrogens is 405 g/mol. The van der Waals surface area contributed by atoms with Gasteiger partial charge in [0.15, 0.2) is 6.61 Å². The number of aryl methyl sites for hydroxylation is 1. The molecule has 120 valence electrons. The fourth-order valence-electron chi connectivity index (χ4n) is 1.78. The number of halogens is 3. The molecule has 0 aromatic heterocycles. The minimum absolute atomic E-state index is 0.188. The molecule has 0 aliphatic rings. The Labute approximate surface area is 151 Å². The van der Waals surface area contributed by atoms with Crippen LogP contribution in [0.4, 0.5) is 5.69 Å². The van der Waals surface area contributed by atoms with Gasteiger partial charge in [0.25, 0.3) is 5.91 Å². The van der Waals surface area contributed by atoms with Crippen molar-refractivity contribution < 1.29 is 14.3 Å². The third-order valence-electron chi connectivity index (χ3n) is 2.96. The zero-order valence-electron chi connectivity index (χ0n) is 12.0. The largest absolute Gasteiger partial charge is 0.452 e. The second-order valence-corrected chi connectivity index (χ2v) is 6.47. The molecule has 2 aromatic carbocycles. The summed E-state index contributed by atoms with van der Waals surface area (Å²) in [5.41, 5.74) is 1.61. The highest BCUT2D eigenvalue weighted by atomic mass is 79.9. The van der Waals surface area contributed by atoms with Crippen LogP contribution in [0.15, 0.2) is 40.9 Å². The van der Waals surface area contributed by atoms with E-state index in [2.05, 4.69) is 21.2 Å². The molecule has 23 heavy (non-hydrogen) atoms. The molecule has 0 heterocycles. The van der Waals surface area contributed by atoms with Crippen molar-refractivity contribution in [2.75, 3.05) is 11.9 Å². The zero-order chi connectivity index (χ0) is 17.0. The van der Waals surface area contributed by atoms with Crippen LogP contribution >= 0.6 is 39.1 Å². The number of anilines is 1. The molecule has 7 heteroatoms. The number of hydrogen-bond acceptors (Lipinski definition) is 3. The van der Waals surface area contributed by atoms with E-state index in [1.807, 2.05) is 6.92 Å². The molecule has 0 fully saturated rings. The van der Waals surface area contributed by atoms with Gasteiger partial charge in [0, 0.05) is 15.2 Å². The molecule has 4 nitrogen and oxygen atoms in total. The first kappa shape index (κ1) is 17.8. The lowest BCUT2D eigenvalue weighted by Gasteiger charge is -2.10. The fourth-order valence-corrected chi connectivity index (χ4v) is 2.51. The summed E-state index contributed by atoms with van der Waals surface area (Å²) in [6, 6.07) is 9.93. The third-order valence-corrected chi connectivity index (χ3v) is 4.01. The topological polar surface area (TPSA) is 55.4 Å². The van der Waals surface area contributed by atoms with Crippen LogP contribution in [0.1, 0.15) is 15.9 Å². The van der Waals surface area contributed by atoms with Crippen molar-refractivity contribution >= 4 is 56.7 Å². The molecule has 1 N–H and O–H groups in total. The zero-order valence-corrected chi connectivity index (χ0v) is 15.1. The average Bonchev–Trinajstić information content (AvgIpc) is 2.51. The van der Waals surface area contributed by atoms with E-state index < -0.39 is 18.5 Å². The van der Waals surface area contributed by atoms with Gasteiger partial charge in [-0.15, -0.1) is 0 Å². The maximum atomic E-state index is 12.0. The van der Waals surface area contributed by atoms with Crippen LogP contribution < -0.4 is 5.32 Å². The lowest BCUT2D eigenvalue weighted by molar-refractivity contribution is -0.119. The van der Waals surface area contributed by atoms with Crippen molar-refractivity contribution in [2.24, 2.45) is 0 Å². The summed E-state index contributed by atoms with van der Waals surface area (Å²) < 4.78 is 5.67. The molecule has 0 atom stereocenters. The highest BCUT2D eigenvalue weighted by Crippen LogP contribution is 2.22. The van der Waals surface area contributed by atoms with Crippen LogP contribution in [0, 0.1) is 6.92 Å². The first-order valence-electron chi connectivity index (χ1n) is 6.55. The maximum absolute atomic E-state index is 12.0. The van der Waals surface area contributed by atoms with Crippen LogP contribution in [0.5, 0.6) is 0 Å². The Kier molecular flexibility index (Phi) is 6.04. The SMILES string of the molecule is Cc1ccc(Cl)cc1NC(=O)COC(=O)c1cc(Br)ccc1Cl. The molecule has 2 aromatic rings. The Morgan fingerprint density at radius 1 is 1.17 bits per heavy atom. The molecular formula is C16H12BrCl2NO3. The molecule has 2 rings (SSSR count). The van der Waals surface area contributed by atoms with Gasteiger partial charge in [0.05, 0.1) is 10.6 Å². The number of carbonyl (C=O) groups excluding carboxylic acids is 2. The molecule has 0 aliphatic carbocycles. The predicted molar refractivity (Wildman–Crippen MR) is 94.3 cm³/mol. The van der Waals surface area contributed by atoms with Crippen molar-refractivity contribution in [2.45, 2.75) is 6.92 Å². The summed E-state index contributed by atoms with van der Waals surface area (Å²) in [5.74, 6) is -1.14. The fraction of sp³-hybridized carbons (Fsp3) is 0.125. The van der Waals surface area contributed by atoms with Gasteiger partial charge in [0.1, 0.15) is 0 Å². The standard InChI is InChI=1S/C16H12BrCl2NO3/c1-9-2-4-11(18)7-14(9)20-15(21)8-23-16(22)12-6-10(17)3-5-13(12)19/h2-7H,8H2,1H3,(H,20,21). The maximum Gasteiger partial charge on any atom is 0.340 e. The number of esters is 1. The Balaban J connectivity index is 1.97. The Bertz CT molecular complexity index is 765. The summed E-state index contributed by atoms with van der Waals surface area (Å²) in [5, 5.41) is 3.40. The predicted octanol–water partition coefficient (Wildman–Crippen LogP) is 4.86. The Hall–Kier alpha value is -1.56. The van der Waals surface area contributed by atoms with E-state index in [1.165, 1.54) is 6.07 Å². The van der Waals surface area contributed by atoms with Gasteiger partial charge >= 0.3 is 5.97 Å². The van der Waals surface area contributed by atoms with Crippen LogP contribution in [0.3, 0.4) is 0 Å². The molecule has 0 saturated heterocycles. The number of amides is 1. The first-order chi connectivity index (χ1) is 10.9. The van der Waals surface area contributed by atoms with E-state index >= 15 is 0 Å². The van der Waals surface area contributed by atoms with E-state index in [4.69, 9.17) is 27.9 Å². The quantitative estimate of drug-likeness (QED) is 0.724. The van der Waals surface area contributed by atoms with E-state index in [0.29, 0.717) is 15.2 Å². The Morgan fingerprint density at radius 3 is 2.65 bits per heavy atom. The summed E-state index contributed by atoms with van der Waals surface area (Å²) in [6.07, 6.45) is 0. The average molecular weight is 417 g/mol. The lowest BCUT2D eigenvalue weighted by Crippen LogP contribution is -2.21. The second-order valence-electron chi connectivity index (χ2n) is 4.71. The summed E-state index contributed by atoms with van der Waals surface area (Å²) >= 11 is 15.1. The third kappa shape index (κ3) is 4.96. The molecule has 0 spiro atoms. The van der Waals surface area contributed by atoms with E-state index in [-0.39, 0.29) is 10.6 Å². The van der Waals surface area contributed by atoms with Crippen molar-refractivity contribution in [3.63, 3.8) is 0 Å². The van der Waals surface area contributed by atoms with Gasteiger partial charge in [-0.25, -0.2) is 4.79 Å². The normalized spacial score (nSPS) is 10.3. The number of nitrogens with one attached hydrogen (secondary N) is 1. The second kappa shape index (κ2) is 7.81. The van der Waals surface area contributed by atoms with Crippen LogP contribution in [0.25, 0.3) is 0 Å². The van der Waals surface area contributed by atoms with E-state index in [9.17, 15) is 9.59 Å². The van der Waals surface area contributed by atoms with Crippen molar-refractivity contribution in [1.82, 2.24) is 0 Å². The minimum atomic E-state index is -0.672. The van der Waals surface area contributed by atoms with Crippen LogP contribution in [-0.4, -0.2) is 18.5 Å². The number of benzene rings is 2. The number of carbonyl (C=O) groups is 2. The van der Waals surface area contributed by atoms with Crippen molar-refractivity contribution in [3.8, 4) is 0 Å². The molecule has 1 amide bonds. The van der Waals surface area contributed by atoms with Crippen molar-refractivity contribution in [1.29, 1.82) is 0 Å². The first-order valence-corrected chi connectivity index (χ1v) is 8.10. The molecule has 0 saturated carbocycles. The Morgan fingerprint density at radius 2 is 1.91 bits per heavy atom. The number of hydrogen-bond donors (Lipinski definition) is 1. The molecule has 0 bridgehead atoms. The molecule has 0 aliphatic heterocycles. The van der Waals surface area contributed by atoms with Gasteiger partial charge in [-0.05, 0) is 42.8 Å². The highest BCUT2D eigenvalue weighted by Gasteiger charge is 2.14. The van der Waals surface area contributed by atoms with Crippen LogP contribution in [-0.2, 0) is 9.53 Å². The minimum Gasteiger partial charge on any atom is -0.452 e. The smallest absolute Gasteiger partial charge is 0.340 e. The number of ether oxygens (including phenoxy) is 1. The van der Waals surface area contributed by atoms with Gasteiger partial charge in [-0.1, -0.05) is 45.2 Å². The van der Waals surface area contributed by atoms with E-state index in [1.54, 1.807) is 30.3 Å². The van der Waals surface area contributed by atoms with Gasteiger partial charge in [0.2, 0.25) is 0 Å².